The number of thiazole rings is 1. The van der Waals surface area contributed by atoms with Gasteiger partial charge in [0, 0.05) is 0 Å². The molecule has 0 fully saturated rings. The lowest BCUT2D eigenvalue weighted by atomic mass is 10.2. The molecule has 1 aromatic heterocycles. The molecule has 6 heteroatoms. The van der Waals surface area contributed by atoms with Crippen molar-refractivity contribution in [3.63, 3.8) is 0 Å². The van der Waals surface area contributed by atoms with Crippen LogP contribution in [0.1, 0.15) is 20.4 Å². The van der Waals surface area contributed by atoms with Gasteiger partial charge in [-0.3, -0.25) is 4.79 Å². The number of amides is 1. The molecule has 0 aliphatic rings. The molecule has 0 spiro atoms. The first-order chi connectivity index (χ1) is 8.47. The predicted octanol–water partition coefficient (Wildman–Crippen LogP) is 2.73. The molecule has 18 heavy (non-hydrogen) atoms. The Morgan fingerprint density at radius 2 is 2.17 bits per heavy atom. The summed E-state index contributed by atoms with van der Waals surface area (Å²) in [6.07, 6.45) is 0. The number of hydrogen-bond donors (Lipinski definition) is 2. The molecule has 3 N–H and O–H groups in total. The highest BCUT2D eigenvalue weighted by Crippen LogP contribution is 2.22. The van der Waals surface area contributed by atoms with E-state index in [1.54, 1.807) is 6.92 Å². The third kappa shape index (κ3) is 2.48. The number of carbonyl (C=O) groups excluding carboxylic acids is 1. The second kappa shape index (κ2) is 4.73. The van der Waals surface area contributed by atoms with E-state index in [4.69, 9.17) is 5.73 Å². The third-order valence-corrected chi connectivity index (χ3v) is 3.44. The van der Waals surface area contributed by atoms with Crippen LogP contribution >= 0.6 is 11.3 Å². The van der Waals surface area contributed by atoms with E-state index in [9.17, 15) is 9.18 Å². The standard InChI is InChI=1S/C12H12FN3OS/c1-6-11(18-7(2)15-6)12(17)16-10-4-3-8(13)5-9(10)14/h3-5H,14H2,1-2H3,(H,16,17). The Labute approximate surface area is 108 Å². The van der Waals surface area contributed by atoms with Gasteiger partial charge >= 0.3 is 0 Å². The van der Waals surface area contributed by atoms with E-state index in [1.165, 1.54) is 29.5 Å². The third-order valence-electron chi connectivity index (χ3n) is 2.37. The van der Waals surface area contributed by atoms with Gasteiger partial charge in [0.1, 0.15) is 10.7 Å². The minimum absolute atomic E-state index is 0.197. The van der Waals surface area contributed by atoms with Gasteiger partial charge in [-0.25, -0.2) is 9.37 Å². The van der Waals surface area contributed by atoms with Crippen LogP contribution in [0.4, 0.5) is 15.8 Å². The Balaban J connectivity index is 2.24. The van der Waals surface area contributed by atoms with Crippen molar-refractivity contribution in [2.75, 3.05) is 11.1 Å². The minimum Gasteiger partial charge on any atom is -0.397 e. The summed E-state index contributed by atoms with van der Waals surface area (Å²) in [6, 6.07) is 3.85. The summed E-state index contributed by atoms with van der Waals surface area (Å²) in [7, 11) is 0. The highest BCUT2D eigenvalue weighted by atomic mass is 32.1. The number of carbonyl (C=O) groups is 1. The zero-order valence-corrected chi connectivity index (χ0v) is 10.8. The summed E-state index contributed by atoms with van der Waals surface area (Å²) in [4.78, 5) is 16.7. The van der Waals surface area contributed by atoms with Gasteiger partial charge in [-0.05, 0) is 32.0 Å². The topological polar surface area (TPSA) is 68.0 Å². The van der Waals surface area contributed by atoms with Gasteiger partial charge in [-0.15, -0.1) is 11.3 Å². The molecule has 0 saturated carbocycles. The molecule has 2 rings (SSSR count). The van der Waals surface area contributed by atoms with Crippen LogP contribution in [0.3, 0.4) is 0 Å². The number of nitrogens with one attached hydrogen (secondary N) is 1. The molecule has 2 aromatic rings. The molecule has 0 aliphatic heterocycles. The van der Waals surface area contributed by atoms with Crippen molar-refractivity contribution in [2.45, 2.75) is 13.8 Å². The van der Waals surface area contributed by atoms with Crippen LogP contribution in [0.15, 0.2) is 18.2 Å². The van der Waals surface area contributed by atoms with Crippen LogP contribution in [-0.4, -0.2) is 10.9 Å². The molecular weight excluding hydrogens is 253 g/mol. The summed E-state index contributed by atoms with van der Waals surface area (Å²) >= 11 is 1.31. The van der Waals surface area contributed by atoms with E-state index in [1.807, 2.05) is 6.92 Å². The van der Waals surface area contributed by atoms with Gasteiger partial charge in [-0.1, -0.05) is 0 Å². The normalized spacial score (nSPS) is 10.4. The SMILES string of the molecule is Cc1nc(C)c(C(=O)Nc2ccc(F)cc2N)s1. The smallest absolute Gasteiger partial charge is 0.267 e. The minimum atomic E-state index is -0.435. The number of nitrogen functional groups attached to an aromatic ring is 1. The summed E-state index contributed by atoms with van der Waals surface area (Å²) in [5, 5.41) is 3.47. The van der Waals surface area contributed by atoms with E-state index in [2.05, 4.69) is 10.3 Å². The summed E-state index contributed by atoms with van der Waals surface area (Å²) in [5.41, 5.74) is 6.89. The van der Waals surface area contributed by atoms with Gasteiger partial charge in [0.05, 0.1) is 22.1 Å². The fraction of sp³-hybridized carbons (Fsp3) is 0.167. The average molecular weight is 265 g/mol. The van der Waals surface area contributed by atoms with Crippen LogP contribution < -0.4 is 11.1 Å². The maximum absolute atomic E-state index is 12.9. The van der Waals surface area contributed by atoms with Gasteiger partial charge in [0.25, 0.3) is 5.91 Å². The number of aromatic nitrogens is 1. The van der Waals surface area contributed by atoms with Crippen molar-refractivity contribution in [1.29, 1.82) is 0 Å². The molecule has 94 valence electrons. The Bertz CT molecular complexity index is 609. The zero-order valence-electron chi connectivity index (χ0n) is 9.95. The van der Waals surface area contributed by atoms with Crippen LogP contribution in [0.25, 0.3) is 0 Å². The first-order valence-electron chi connectivity index (χ1n) is 5.28. The lowest BCUT2D eigenvalue weighted by molar-refractivity contribution is 0.103. The Hall–Kier alpha value is -1.95. The van der Waals surface area contributed by atoms with Gasteiger partial charge < -0.3 is 11.1 Å². The van der Waals surface area contributed by atoms with Crippen LogP contribution in [0.2, 0.25) is 0 Å². The molecule has 1 aromatic carbocycles. The molecule has 1 heterocycles. The van der Waals surface area contributed by atoms with Crippen molar-refractivity contribution < 1.29 is 9.18 Å². The molecule has 0 bridgehead atoms. The molecular formula is C12H12FN3OS. The Morgan fingerprint density at radius 3 is 2.72 bits per heavy atom. The second-order valence-corrected chi connectivity index (χ2v) is 5.04. The van der Waals surface area contributed by atoms with Gasteiger partial charge in [0.2, 0.25) is 0 Å². The number of nitrogens with zero attached hydrogens (tertiary/aromatic N) is 1. The maximum atomic E-state index is 12.9. The quantitative estimate of drug-likeness (QED) is 0.820. The Kier molecular flexibility index (Phi) is 3.29. The van der Waals surface area contributed by atoms with Crippen molar-refractivity contribution in [3.8, 4) is 0 Å². The summed E-state index contributed by atoms with van der Waals surface area (Å²) < 4.78 is 12.9. The number of hydrogen-bond acceptors (Lipinski definition) is 4. The van der Waals surface area contributed by atoms with Gasteiger partial charge in [0.15, 0.2) is 0 Å². The predicted molar refractivity (Wildman–Crippen MR) is 70.4 cm³/mol. The number of anilines is 2. The molecule has 1 amide bonds. The zero-order chi connectivity index (χ0) is 13.3. The summed E-state index contributed by atoms with van der Waals surface area (Å²) in [6.45, 7) is 3.60. The lowest BCUT2D eigenvalue weighted by Crippen LogP contribution is -2.13. The number of aryl methyl sites for hydroxylation is 2. The fourth-order valence-corrected chi connectivity index (χ4v) is 2.38. The monoisotopic (exact) mass is 265 g/mol. The molecule has 0 unspecified atom stereocenters. The van der Waals surface area contributed by atoms with E-state index in [0.29, 0.717) is 16.3 Å². The molecule has 0 radical (unpaired) electrons. The lowest BCUT2D eigenvalue weighted by Gasteiger charge is -2.07. The van der Waals surface area contributed by atoms with Crippen molar-refractivity contribution in [3.05, 3.63) is 39.6 Å². The van der Waals surface area contributed by atoms with Crippen LogP contribution in [0.5, 0.6) is 0 Å². The van der Waals surface area contributed by atoms with E-state index >= 15 is 0 Å². The summed E-state index contributed by atoms with van der Waals surface area (Å²) in [5.74, 6) is -0.716. The highest BCUT2D eigenvalue weighted by molar-refractivity contribution is 7.13. The maximum Gasteiger partial charge on any atom is 0.267 e. The van der Waals surface area contributed by atoms with Crippen LogP contribution in [0, 0.1) is 19.7 Å². The Morgan fingerprint density at radius 1 is 1.44 bits per heavy atom. The molecule has 4 nitrogen and oxygen atoms in total. The fourth-order valence-electron chi connectivity index (χ4n) is 1.57. The number of rotatable bonds is 2. The van der Waals surface area contributed by atoms with Gasteiger partial charge in [-0.2, -0.15) is 0 Å². The number of halogens is 1. The van der Waals surface area contributed by atoms with Crippen molar-refractivity contribution in [1.82, 2.24) is 4.98 Å². The van der Waals surface area contributed by atoms with E-state index in [0.717, 1.165) is 5.01 Å². The highest BCUT2D eigenvalue weighted by Gasteiger charge is 2.14. The molecule has 0 saturated heterocycles. The second-order valence-electron chi connectivity index (χ2n) is 3.83. The first kappa shape index (κ1) is 12.5. The van der Waals surface area contributed by atoms with Crippen LogP contribution in [-0.2, 0) is 0 Å². The number of nitrogens with two attached hydrogens (primary N) is 1. The van der Waals surface area contributed by atoms with Crippen molar-refractivity contribution >= 4 is 28.6 Å². The van der Waals surface area contributed by atoms with E-state index < -0.39 is 5.82 Å². The van der Waals surface area contributed by atoms with Crippen molar-refractivity contribution in [2.24, 2.45) is 0 Å². The van der Waals surface area contributed by atoms with E-state index in [-0.39, 0.29) is 11.6 Å². The largest absolute Gasteiger partial charge is 0.397 e. The average Bonchev–Trinajstić information content (AvgIpc) is 2.62. The first-order valence-corrected chi connectivity index (χ1v) is 6.09. The molecule has 0 atom stereocenters. The number of benzene rings is 1. The molecule has 0 aliphatic carbocycles.